The Morgan fingerprint density at radius 3 is 2.40 bits per heavy atom. The minimum atomic E-state index is -0.850. The highest BCUT2D eigenvalue weighted by atomic mass is 79.9. The third-order valence-electron chi connectivity index (χ3n) is 4.25. The van der Waals surface area contributed by atoms with E-state index in [9.17, 15) is 9.59 Å². The van der Waals surface area contributed by atoms with Crippen molar-refractivity contribution in [3.63, 3.8) is 0 Å². The molecular weight excluding hydrogens is 452 g/mol. The Kier molecular flexibility index (Phi) is 7.13. The minimum Gasteiger partial charge on any atom is -0.493 e. The zero-order valence-electron chi connectivity index (χ0n) is 16.5. The summed E-state index contributed by atoms with van der Waals surface area (Å²) in [6.07, 6.45) is -0.850. The second-order valence-electron chi connectivity index (χ2n) is 6.34. The lowest BCUT2D eigenvalue weighted by Gasteiger charge is -2.17. The van der Waals surface area contributed by atoms with E-state index in [1.165, 1.54) is 7.11 Å². The molecule has 0 saturated heterocycles. The van der Waals surface area contributed by atoms with Crippen molar-refractivity contribution in [2.24, 2.45) is 0 Å². The number of halogens is 1. The number of hydrazine groups is 1. The zero-order valence-corrected chi connectivity index (χ0v) is 18.1. The first kappa shape index (κ1) is 21.4. The van der Waals surface area contributed by atoms with Crippen molar-refractivity contribution in [1.29, 1.82) is 0 Å². The first-order valence-corrected chi connectivity index (χ1v) is 9.97. The Bertz CT molecular complexity index is 1060. The van der Waals surface area contributed by atoms with Gasteiger partial charge in [0.05, 0.1) is 11.6 Å². The van der Waals surface area contributed by atoms with E-state index in [0.717, 1.165) is 15.2 Å². The normalized spacial score (nSPS) is 11.4. The molecule has 3 aromatic carbocycles. The number of amides is 2. The molecule has 7 nitrogen and oxygen atoms in total. The predicted octanol–water partition coefficient (Wildman–Crippen LogP) is 3.60. The van der Waals surface area contributed by atoms with Gasteiger partial charge in [0, 0.05) is 0 Å². The molecule has 156 valence electrons. The summed E-state index contributed by atoms with van der Waals surface area (Å²) in [6.45, 7) is 1.30. The molecule has 0 spiro atoms. The number of nitrogens with one attached hydrogen (secondary N) is 2. The van der Waals surface area contributed by atoms with Crippen LogP contribution in [0.2, 0.25) is 0 Å². The highest BCUT2D eigenvalue weighted by molar-refractivity contribution is 9.10. The monoisotopic (exact) mass is 472 g/mol. The smallest absolute Gasteiger partial charge is 0.279 e. The van der Waals surface area contributed by atoms with Gasteiger partial charge < -0.3 is 14.2 Å². The number of rotatable bonds is 7. The zero-order chi connectivity index (χ0) is 21.5. The molecule has 0 aliphatic heterocycles. The van der Waals surface area contributed by atoms with Gasteiger partial charge in [0.15, 0.2) is 24.2 Å². The fourth-order valence-corrected chi connectivity index (χ4v) is 3.31. The summed E-state index contributed by atoms with van der Waals surface area (Å²) >= 11 is 3.50. The molecule has 3 rings (SSSR count). The standard InChI is InChI=1S/C22H21BrN2O5/c1-14(30-18-10-6-5-9-17(18)28-2)22(27)25-24-20(26)13-29-19-12-11-15-7-3-4-8-16(15)21(19)23/h3-12,14H,13H2,1-2H3,(H,24,26)(H,25,27). The first-order chi connectivity index (χ1) is 14.5. The van der Waals surface area contributed by atoms with Crippen molar-refractivity contribution in [3.05, 3.63) is 65.1 Å². The maximum Gasteiger partial charge on any atom is 0.279 e. The molecule has 0 bridgehead atoms. The second-order valence-corrected chi connectivity index (χ2v) is 7.13. The summed E-state index contributed by atoms with van der Waals surface area (Å²) in [5.41, 5.74) is 4.64. The average molecular weight is 473 g/mol. The van der Waals surface area contributed by atoms with Crippen LogP contribution >= 0.6 is 15.9 Å². The molecule has 0 saturated carbocycles. The summed E-state index contributed by atoms with van der Waals surface area (Å²) in [5.74, 6) is 0.450. The molecule has 0 heterocycles. The number of benzene rings is 3. The lowest BCUT2D eigenvalue weighted by atomic mass is 10.1. The molecule has 1 unspecified atom stereocenters. The van der Waals surface area contributed by atoms with Crippen LogP contribution in [0, 0.1) is 0 Å². The summed E-state index contributed by atoms with van der Waals surface area (Å²) < 4.78 is 17.1. The number of para-hydroxylation sites is 2. The largest absolute Gasteiger partial charge is 0.493 e. The van der Waals surface area contributed by atoms with Crippen molar-refractivity contribution in [2.75, 3.05) is 13.7 Å². The van der Waals surface area contributed by atoms with Crippen molar-refractivity contribution < 1.29 is 23.8 Å². The molecule has 1 atom stereocenters. The topological polar surface area (TPSA) is 85.9 Å². The summed E-state index contributed by atoms with van der Waals surface area (Å²) in [7, 11) is 1.51. The third kappa shape index (κ3) is 5.21. The summed E-state index contributed by atoms with van der Waals surface area (Å²) in [6, 6.07) is 18.5. The van der Waals surface area contributed by atoms with Crippen LogP contribution in [0.4, 0.5) is 0 Å². The maximum atomic E-state index is 12.2. The Morgan fingerprint density at radius 1 is 0.933 bits per heavy atom. The van der Waals surface area contributed by atoms with E-state index in [1.807, 2.05) is 30.3 Å². The third-order valence-corrected chi connectivity index (χ3v) is 5.07. The Hall–Kier alpha value is -3.26. The van der Waals surface area contributed by atoms with Crippen molar-refractivity contribution in [2.45, 2.75) is 13.0 Å². The molecule has 0 aliphatic rings. The van der Waals surface area contributed by atoms with Crippen LogP contribution in [0.1, 0.15) is 6.92 Å². The molecule has 30 heavy (non-hydrogen) atoms. The van der Waals surface area contributed by atoms with Crippen LogP contribution < -0.4 is 25.1 Å². The van der Waals surface area contributed by atoms with Crippen LogP contribution in [-0.2, 0) is 9.59 Å². The van der Waals surface area contributed by atoms with E-state index in [4.69, 9.17) is 14.2 Å². The Balaban J connectivity index is 1.49. The number of carbonyl (C=O) groups excluding carboxylic acids is 2. The van der Waals surface area contributed by atoms with Gasteiger partial charge in [-0.1, -0.05) is 42.5 Å². The van der Waals surface area contributed by atoms with Gasteiger partial charge >= 0.3 is 0 Å². The Labute approximate surface area is 182 Å². The van der Waals surface area contributed by atoms with Crippen LogP contribution in [0.3, 0.4) is 0 Å². The number of fused-ring (bicyclic) bond motifs is 1. The molecule has 8 heteroatoms. The average Bonchev–Trinajstić information content (AvgIpc) is 2.77. The van der Waals surface area contributed by atoms with Gasteiger partial charge in [-0.3, -0.25) is 20.4 Å². The van der Waals surface area contributed by atoms with E-state index in [2.05, 4.69) is 26.8 Å². The van der Waals surface area contributed by atoms with Crippen LogP contribution in [0.15, 0.2) is 65.1 Å². The number of carbonyl (C=O) groups is 2. The number of ether oxygens (including phenoxy) is 3. The van der Waals surface area contributed by atoms with Gasteiger partial charge in [-0.2, -0.15) is 0 Å². The second kappa shape index (κ2) is 9.98. The molecule has 0 aromatic heterocycles. The lowest BCUT2D eigenvalue weighted by Crippen LogP contribution is -2.48. The van der Waals surface area contributed by atoms with Gasteiger partial charge in [-0.05, 0) is 51.8 Å². The predicted molar refractivity (Wildman–Crippen MR) is 117 cm³/mol. The molecule has 0 aliphatic carbocycles. The molecular formula is C22H21BrN2O5. The summed E-state index contributed by atoms with van der Waals surface area (Å²) in [4.78, 5) is 24.2. The van der Waals surface area contributed by atoms with E-state index < -0.39 is 17.9 Å². The van der Waals surface area contributed by atoms with E-state index in [0.29, 0.717) is 17.2 Å². The number of hydrogen-bond donors (Lipinski definition) is 2. The van der Waals surface area contributed by atoms with E-state index >= 15 is 0 Å². The minimum absolute atomic E-state index is 0.265. The van der Waals surface area contributed by atoms with E-state index in [1.54, 1.807) is 37.3 Å². The van der Waals surface area contributed by atoms with Gasteiger partial charge in [0.1, 0.15) is 5.75 Å². The van der Waals surface area contributed by atoms with Crippen molar-refractivity contribution in [1.82, 2.24) is 10.9 Å². The van der Waals surface area contributed by atoms with Crippen molar-refractivity contribution in [3.8, 4) is 17.2 Å². The molecule has 2 amide bonds. The maximum absolute atomic E-state index is 12.2. The molecule has 2 N–H and O–H groups in total. The highest BCUT2D eigenvalue weighted by Crippen LogP contribution is 2.33. The lowest BCUT2D eigenvalue weighted by molar-refractivity contribution is -0.133. The SMILES string of the molecule is COc1ccccc1OC(C)C(=O)NNC(=O)COc1ccc2ccccc2c1Br. The fraction of sp³-hybridized carbons (Fsp3) is 0.182. The number of methoxy groups -OCH3 is 1. The highest BCUT2D eigenvalue weighted by Gasteiger charge is 2.17. The van der Waals surface area contributed by atoms with Crippen LogP contribution in [0.25, 0.3) is 10.8 Å². The molecule has 0 radical (unpaired) electrons. The van der Waals surface area contributed by atoms with Crippen LogP contribution in [-0.4, -0.2) is 31.6 Å². The van der Waals surface area contributed by atoms with E-state index in [-0.39, 0.29) is 6.61 Å². The van der Waals surface area contributed by atoms with Gasteiger partial charge in [0.25, 0.3) is 11.8 Å². The quantitative estimate of drug-likeness (QED) is 0.513. The van der Waals surface area contributed by atoms with Crippen molar-refractivity contribution >= 4 is 38.5 Å². The first-order valence-electron chi connectivity index (χ1n) is 9.18. The van der Waals surface area contributed by atoms with Gasteiger partial charge in [0.2, 0.25) is 0 Å². The van der Waals surface area contributed by atoms with Gasteiger partial charge in [-0.15, -0.1) is 0 Å². The Morgan fingerprint density at radius 2 is 1.63 bits per heavy atom. The molecule has 3 aromatic rings. The summed E-state index contributed by atoms with van der Waals surface area (Å²) in [5, 5.41) is 2.03. The molecule has 0 fully saturated rings. The number of hydrogen-bond acceptors (Lipinski definition) is 5. The fourth-order valence-electron chi connectivity index (χ4n) is 2.70. The van der Waals surface area contributed by atoms with Crippen LogP contribution in [0.5, 0.6) is 17.2 Å². The van der Waals surface area contributed by atoms with Gasteiger partial charge in [-0.25, -0.2) is 0 Å².